The van der Waals surface area contributed by atoms with Crippen LogP contribution in [0.5, 0.6) is 23.0 Å². The zero-order valence-electron chi connectivity index (χ0n) is 43.8. The third-order valence-corrected chi connectivity index (χ3v) is 18.6. The van der Waals surface area contributed by atoms with Crippen molar-refractivity contribution in [2.45, 2.75) is 86.9 Å². The average molecular weight is 1010 g/mol. The minimum Gasteiger partial charge on any atom is -0.457 e. The number of furan rings is 1. The van der Waals surface area contributed by atoms with Crippen LogP contribution in [0, 0.1) is 0 Å². The Bertz CT molecular complexity index is 4030. The first-order valence-electron chi connectivity index (χ1n) is 28.6. The van der Waals surface area contributed by atoms with E-state index in [9.17, 15) is 0 Å². The quantitative estimate of drug-likeness (QED) is 0.159. The predicted octanol–water partition coefficient (Wildman–Crippen LogP) is 20.1. The van der Waals surface area contributed by atoms with Crippen molar-refractivity contribution in [3.63, 3.8) is 0 Å². The lowest BCUT2D eigenvalue weighted by molar-refractivity contribution is 0.433. The van der Waals surface area contributed by atoms with E-state index in [1.54, 1.807) is 0 Å². The molecule has 78 heavy (non-hydrogen) atoms. The summed E-state index contributed by atoms with van der Waals surface area (Å²) in [4.78, 5) is 2.48. The van der Waals surface area contributed by atoms with E-state index >= 15 is 0 Å². The van der Waals surface area contributed by atoms with Gasteiger partial charge in [0, 0.05) is 39.0 Å². The Labute approximate surface area is 456 Å². The summed E-state index contributed by atoms with van der Waals surface area (Å²) in [7, 11) is 0. The molecule has 0 radical (unpaired) electrons. The normalized spacial score (nSPS) is 16.8. The molecule has 3 heterocycles. The number of ether oxygens (including phenoxy) is 2. The van der Waals surface area contributed by atoms with Crippen LogP contribution in [0.1, 0.15) is 132 Å². The van der Waals surface area contributed by atoms with Gasteiger partial charge < -0.3 is 18.8 Å². The summed E-state index contributed by atoms with van der Waals surface area (Å²) >= 11 is 0. The number of anilines is 3. The molecule has 1 spiro atoms. The third kappa shape index (κ3) is 6.71. The molecule has 4 heteroatoms. The molecule has 2 fully saturated rings. The summed E-state index contributed by atoms with van der Waals surface area (Å²) in [6.07, 6.45) is 12.7. The van der Waals surface area contributed by atoms with Crippen molar-refractivity contribution in [3.05, 3.63) is 280 Å². The zero-order chi connectivity index (χ0) is 51.4. The molecule has 3 aliphatic carbocycles. The summed E-state index contributed by atoms with van der Waals surface area (Å²) in [5, 5.41) is 2.13. The van der Waals surface area contributed by atoms with Gasteiger partial charge in [0.1, 0.15) is 34.2 Å². The maximum Gasteiger partial charge on any atom is 0.137 e. The number of benzene rings is 10. The Balaban J connectivity index is 0.988. The third-order valence-electron chi connectivity index (χ3n) is 18.6. The molecular weight excluding hydrogens is 951 g/mol. The summed E-state index contributed by atoms with van der Waals surface area (Å²) in [6, 6.07) is 83.5. The SMILES string of the molecule is c1ccc(C2(c3ccccc3)c3ccccc3Oc3ccc(N(c4ccc5c(c4)C4(c6ccccc6O5)c5cc(C6CCCCC6)ccc5-c5ccc(C6CCCCC6)cc54)c4cccc5oc6ccccc6c45)cc32)cc1. The number of para-hydroxylation sites is 3. The van der Waals surface area contributed by atoms with Crippen LogP contribution >= 0.6 is 0 Å². The van der Waals surface area contributed by atoms with Gasteiger partial charge in [0.25, 0.3) is 0 Å². The lowest BCUT2D eigenvalue weighted by atomic mass is 9.63. The van der Waals surface area contributed by atoms with Crippen molar-refractivity contribution < 1.29 is 13.9 Å². The van der Waals surface area contributed by atoms with Crippen molar-refractivity contribution >= 4 is 39.0 Å². The molecule has 378 valence electrons. The van der Waals surface area contributed by atoms with E-state index in [0.29, 0.717) is 11.8 Å². The summed E-state index contributed by atoms with van der Waals surface area (Å²) in [5.74, 6) is 4.58. The molecule has 0 atom stereocenters. The molecule has 0 N–H and O–H groups in total. The first-order chi connectivity index (χ1) is 38.7. The molecule has 11 aromatic rings. The van der Waals surface area contributed by atoms with Gasteiger partial charge in [-0.1, -0.05) is 196 Å². The highest BCUT2D eigenvalue weighted by atomic mass is 16.5. The molecule has 4 nitrogen and oxygen atoms in total. The molecule has 5 aliphatic rings. The fourth-order valence-corrected chi connectivity index (χ4v) is 15.2. The van der Waals surface area contributed by atoms with Crippen molar-refractivity contribution in [1.82, 2.24) is 0 Å². The van der Waals surface area contributed by atoms with Gasteiger partial charge in [-0.05, 0) is 149 Å². The first kappa shape index (κ1) is 45.6. The lowest BCUT2D eigenvalue weighted by Crippen LogP contribution is -2.34. The molecule has 1 aromatic heterocycles. The van der Waals surface area contributed by atoms with Crippen molar-refractivity contribution in [2.75, 3.05) is 4.90 Å². The van der Waals surface area contributed by atoms with E-state index in [-0.39, 0.29) is 0 Å². The molecule has 0 saturated heterocycles. The van der Waals surface area contributed by atoms with Crippen LogP contribution in [-0.4, -0.2) is 0 Å². The molecule has 16 rings (SSSR count). The second-order valence-electron chi connectivity index (χ2n) is 22.7. The first-order valence-corrected chi connectivity index (χ1v) is 28.6. The average Bonchev–Trinajstić information content (AvgIpc) is 4.02. The molecule has 0 amide bonds. The fraction of sp³-hybridized carbons (Fsp3) is 0.189. The van der Waals surface area contributed by atoms with E-state index < -0.39 is 10.8 Å². The van der Waals surface area contributed by atoms with Crippen LogP contribution in [0.15, 0.2) is 229 Å². The van der Waals surface area contributed by atoms with E-state index in [1.165, 1.54) is 114 Å². The molecule has 2 saturated carbocycles. The van der Waals surface area contributed by atoms with Gasteiger partial charge in [-0.15, -0.1) is 0 Å². The molecule has 10 aromatic carbocycles. The van der Waals surface area contributed by atoms with E-state index in [4.69, 9.17) is 13.9 Å². The molecule has 0 unspecified atom stereocenters. The highest BCUT2D eigenvalue weighted by Crippen LogP contribution is 2.64. The van der Waals surface area contributed by atoms with Gasteiger partial charge in [0.15, 0.2) is 0 Å². The van der Waals surface area contributed by atoms with Gasteiger partial charge in [-0.3, -0.25) is 0 Å². The van der Waals surface area contributed by atoms with Crippen molar-refractivity contribution in [2.24, 2.45) is 0 Å². The highest BCUT2D eigenvalue weighted by molar-refractivity contribution is 6.13. The van der Waals surface area contributed by atoms with Crippen LogP contribution in [-0.2, 0) is 10.8 Å². The zero-order valence-corrected chi connectivity index (χ0v) is 43.8. The molecule has 0 bridgehead atoms. The Morgan fingerprint density at radius 2 is 0.821 bits per heavy atom. The van der Waals surface area contributed by atoms with E-state index in [0.717, 1.165) is 78.7 Å². The fourth-order valence-electron chi connectivity index (χ4n) is 15.2. The minimum atomic E-state index is -0.719. The van der Waals surface area contributed by atoms with Crippen LogP contribution < -0.4 is 14.4 Å². The minimum absolute atomic E-state index is 0.545. The second kappa shape index (κ2) is 18.0. The topological polar surface area (TPSA) is 34.8 Å². The maximum absolute atomic E-state index is 7.23. The second-order valence-corrected chi connectivity index (χ2v) is 22.7. The Hall–Kier alpha value is -8.60. The van der Waals surface area contributed by atoms with Gasteiger partial charge in [0.05, 0.1) is 21.9 Å². The van der Waals surface area contributed by atoms with Crippen molar-refractivity contribution in [1.29, 1.82) is 0 Å². The number of hydrogen-bond donors (Lipinski definition) is 0. The number of nitrogens with zero attached hydrogens (tertiary/aromatic N) is 1. The van der Waals surface area contributed by atoms with Gasteiger partial charge in [-0.25, -0.2) is 0 Å². The van der Waals surface area contributed by atoms with Crippen LogP contribution in [0.4, 0.5) is 17.1 Å². The molecule has 2 aliphatic heterocycles. The summed E-state index contributed by atoms with van der Waals surface area (Å²) < 4.78 is 21.0. The van der Waals surface area contributed by atoms with E-state index in [2.05, 4.69) is 229 Å². The largest absolute Gasteiger partial charge is 0.457 e. The monoisotopic (exact) mass is 1010 g/mol. The standard InChI is InChI=1S/C74H59NO3/c1-5-20-48(21-6-1)50-36-40-56-57-41-37-51(49-22-7-2-8-23-49)45-62(57)74(61(56)44-50)60-30-15-18-34-68(60)78-70-43-39-55(47-64(70)74)75(65-31-19-35-71-72(65)58-28-13-16-32-66(58)76-71)54-38-42-69-63(46-54)73(52-24-9-3-10-25-52,53-26-11-4-12-27-53)59-29-14-17-33-67(59)77-69/h3-4,9-19,24-49H,1-2,5-8,20-23H2. The molecular formula is C74H59NO3. The Morgan fingerprint density at radius 3 is 1.40 bits per heavy atom. The van der Waals surface area contributed by atoms with Gasteiger partial charge in [0.2, 0.25) is 0 Å². The van der Waals surface area contributed by atoms with Gasteiger partial charge in [-0.2, -0.15) is 0 Å². The number of rotatable bonds is 7. The van der Waals surface area contributed by atoms with Crippen LogP contribution in [0.3, 0.4) is 0 Å². The van der Waals surface area contributed by atoms with Crippen LogP contribution in [0.2, 0.25) is 0 Å². The smallest absolute Gasteiger partial charge is 0.137 e. The Morgan fingerprint density at radius 1 is 0.346 bits per heavy atom. The highest BCUT2D eigenvalue weighted by Gasteiger charge is 2.52. The Kier molecular flexibility index (Phi) is 10.5. The maximum atomic E-state index is 7.23. The summed E-state index contributed by atoms with van der Waals surface area (Å²) in [5.41, 5.74) is 18.6. The summed E-state index contributed by atoms with van der Waals surface area (Å²) in [6.45, 7) is 0. The van der Waals surface area contributed by atoms with Crippen LogP contribution in [0.25, 0.3) is 33.1 Å². The van der Waals surface area contributed by atoms with Gasteiger partial charge >= 0.3 is 0 Å². The number of fused-ring (bicyclic) bond motifs is 14. The lowest BCUT2D eigenvalue weighted by Gasteiger charge is -2.42. The van der Waals surface area contributed by atoms with Crippen molar-refractivity contribution in [3.8, 4) is 34.1 Å². The predicted molar refractivity (Wildman–Crippen MR) is 316 cm³/mol. The van der Waals surface area contributed by atoms with E-state index in [1.807, 2.05) is 0 Å². The number of hydrogen-bond acceptors (Lipinski definition) is 4.